The first-order chi connectivity index (χ1) is 7.70. The Kier molecular flexibility index (Phi) is 6.64. The third-order valence-electron chi connectivity index (χ3n) is 3.11. The second-order valence-electron chi connectivity index (χ2n) is 4.49. The topological polar surface area (TPSA) is 35.5 Å². The minimum Gasteiger partial charge on any atom is -0.309 e. The van der Waals surface area contributed by atoms with Gasteiger partial charge in [-0.15, -0.1) is 0 Å². The molecule has 1 saturated carbocycles. The lowest BCUT2D eigenvalue weighted by molar-refractivity contribution is 0.214. The molecule has 1 aliphatic carbocycles. The highest BCUT2D eigenvalue weighted by Gasteiger charge is 2.28. The molecule has 0 unspecified atom stereocenters. The highest BCUT2D eigenvalue weighted by atomic mass is 31.2. The van der Waals surface area contributed by atoms with Gasteiger partial charge in [-0.05, 0) is 32.6 Å². The van der Waals surface area contributed by atoms with Crippen molar-refractivity contribution in [1.82, 2.24) is 0 Å². The lowest BCUT2D eigenvalue weighted by Crippen LogP contribution is -2.10. The molecule has 96 valence electrons. The van der Waals surface area contributed by atoms with Crippen LogP contribution in [0.5, 0.6) is 0 Å². The third-order valence-corrected chi connectivity index (χ3v) is 5.37. The molecule has 16 heavy (non-hydrogen) atoms. The summed E-state index contributed by atoms with van der Waals surface area (Å²) in [5, 5.41) is 0. The second kappa shape index (κ2) is 7.47. The molecule has 4 heteroatoms. The number of hydrogen-bond acceptors (Lipinski definition) is 3. The van der Waals surface area contributed by atoms with E-state index in [1.54, 1.807) is 0 Å². The van der Waals surface area contributed by atoms with Gasteiger partial charge in [0.1, 0.15) is 0 Å². The molecular formula is C12H25O3P. The van der Waals surface area contributed by atoms with Crippen molar-refractivity contribution in [1.29, 1.82) is 0 Å². The van der Waals surface area contributed by atoms with Gasteiger partial charge in [0, 0.05) is 0 Å². The van der Waals surface area contributed by atoms with E-state index in [4.69, 9.17) is 9.05 Å². The van der Waals surface area contributed by atoms with Gasteiger partial charge in [0.15, 0.2) is 0 Å². The SMILES string of the molecule is CCOP(=O)(CC1CCCCCC1)OCC. The number of hydrogen-bond donors (Lipinski definition) is 0. The van der Waals surface area contributed by atoms with Gasteiger partial charge in [0.05, 0.1) is 19.4 Å². The van der Waals surface area contributed by atoms with Gasteiger partial charge in [-0.25, -0.2) is 0 Å². The van der Waals surface area contributed by atoms with Crippen LogP contribution in [0.4, 0.5) is 0 Å². The van der Waals surface area contributed by atoms with Crippen LogP contribution in [0.3, 0.4) is 0 Å². The van der Waals surface area contributed by atoms with Crippen LogP contribution in [0.1, 0.15) is 52.4 Å². The zero-order valence-electron chi connectivity index (χ0n) is 10.6. The van der Waals surface area contributed by atoms with Crippen LogP contribution >= 0.6 is 7.60 Å². The summed E-state index contributed by atoms with van der Waals surface area (Å²) in [7, 11) is -2.81. The minimum atomic E-state index is -2.81. The minimum absolute atomic E-state index is 0.476. The molecule has 0 aromatic rings. The van der Waals surface area contributed by atoms with Crippen molar-refractivity contribution in [3.05, 3.63) is 0 Å². The molecule has 0 saturated heterocycles. The van der Waals surface area contributed by atoms with E-state index in [0.717, 1.165) is 0 Å². The van der Waals surface area contributed by atoms with Gasteiger partial charge in [0.25, 0.3) is 0 Å². The molecule has 0 aromatic heterocycles. The Morgan fingerprint density at radius 1 is 1.00 bits per heavy atom. The monoisotopic (exact) mass is 248 g/mol. The quantitative estimate of drug-likeness (QED) is 0.521. The van der Waals surface area contributed by atoms with E-state index in [1.165, 1.54) is 38.5 Å². The van der Waals surface area contributed by atoms with E-state index in [9.17, 15) is 4.57 Å². The zero-order chi connectivity index (χ0) is 11.9. The molecule has 0 atom stereocenters. The molecular weight excluding hydrogens is 223 g/mol. The van der Waals surface area contributed by atoms with Gasteiger partial charge < -0.3 is 9.05 Å². The first kappa shape index (κ1) is 14.2. The zero-order valence-corrected chi connectivity index (χ0v) is 11.5. The van der Waals surface area contributed by atoms with Crippen LogP contribution in [-0.2, 0) is 13.6 Å². The van der Waals surface area contributed by atoms with Crippen LogP contribution in [0.2, 0.25) is 0 Å². The van der Waals surface area contributed by atoms with Gasteiger partial charge >= 0.3 is 7.60 Å². The van der Waals surface area contributed by atoms with Gasteiger partial charge in [0.2, 0.25) is 0 Å². The maximum absolute atomic E-state index is 12.3. The van der Waals surface area contributed by atoms with Crippen molar-refractivity contribution in [3.8, 4) is 0 Å². The van der Waals surface area contributed by atoms with Crippen LogP contribution in [0, 0.1) is 5.92 Å². The van der Waals surface area contributed by atoms with E-state index >= 15 is 0 Å². The Labute approximate surface area is 99.4 Å². The first-order valence-corrected chi connectivity index (χ1v) is 8.31. The van der Waals surface area contributed by atoms with Gasteiger partial charge in [-0.3, -0.25) is 4.57 Å². The normalized spacial score (nSPS) is 19.6. The van der Waals surface area contributed by atoms with Crippen LogP contribution < -0.4 is 0 Å². The van der Waals surface area contributed by atoms with E-state index in [2.05, 4.69) is 0 Å². The van der Waals surface area contributed by atoms with Crippen molar-refractivity contribution in [2.75, 3.05) is 19.4 Å². The molecule has 0 amide bonds. The summed E-state index contributed by atoms with van der Waals surface area (Å²) in [6.45, 7) is 4.70. The molecule has 0 N–H and O–H groups in total. The molecule has 0 spiro atoms. The summed E-state index contributed by atoms with van der Waals surface area (Å²) < 4.78 is 23.0. The maximum Gasteiger partial charge on any atom is 0.330 e. The molecule has 0 radical (unpaired) electrons. The van der Waals surface area contributed by atoms with E-state index in [-0.39, 0.29) is 0 Å². The largest absolute Gasteiger partial charge is 0.330 e. The predicted molar refractivity (Wildman–Crippen MR) is 66.9 cm³/mol. The third kappa shape index (κ3) is 4.99. The Hall–Kier alpha value is 0.150. The fourth-order valence-electron chi connectivity index (χ4n) is 2.40. The summed E-state index contributed by atoms with van der Waals surface area (Å²) in [6.07, 6.45) is 8.17. The number of rotatable bonds is 6. The fraction of sp³-hybridized carbons (Fsp3) is 1.00. The molecule has 3 nitrogen and oxygen atoms in total. The second-order valence-corrected chi connectivity index (χ2v) is 6.59. The lowest BCUT2D eigenvalue weighted by atomic mass is 10.0. The first-order valence-electron chi connectivity index (χ1n) is 6.58. The predicted octanol–water partition coefficient (Wildman–Crippen LogP) is 4.22. The van der Waals surface area contributed by atoms with Crippen molar-refractivity contribution in [2.24, 2.45) is 5.92 Å². The molecule has 0 heterocycles. The fourth-order valence-corrected chi connectivity index (χ4v) is 4.47. The molecule has 1 fully saturated rings. The summed E-state index contributed by atoms with van der Waals surface area (Å²) in [5.41, 5.74) is 0. The highest BCUT2D eigenvalue weighted by Crippen LogP contribution is 2.51. The van der Waals surface area contributed by atoms with E-state index in [0.29, 0.717) is 25.3 Å². The van der Waals surface area contributed by atoms with E-state index in [1.807, 2.05) is 13.8 Å². The van der Waals surface area contributed by atoms with Crippen molar-refractivity contribution in [2.45, 2.75) is 52.4 Å². The summed E-state index contributed by atoms with van der Waals surface area (Å²) in [6, 6.07) is 0. The van der Waals surface area contributed by atoms with Crippen molar-refractivity contribution in [3.63, 3.8) is 0 Å². The van der Waals surface area contributed by atoms with Crippen LogP contribution in [-0.4, -0.2) is 19.4 Å². The van der Waals surface area contributed by atoms with Gasteiger partial charge in [-0.2, -0.15) is 0 Å². The average molecular weight is 248 g/mol. The molecule has 1 rings (SSSR count). The van der Waals surface area contributed by atoms with Crippen molar-refractivity contribution >= 4 is 7.60 Å². The Morgan fingerprint density at radius 3 is 1.94 bits per heavy atom. The van der Waals surface area contributed by atoms with E-state index < -0.39 is 7.60 Å². The Balaban J connectivity index is 2.48. The smallest absolute Gasteiger partial charge is 0.309 e. The lowest BCUT2D eigenvalue weighted by Gasteiger charge is -2.22. The standard InChI is InChI=1S/C12H25O3P/c1-3-14-16(13,15-4-2)11-12-9-7-5-6-8-10-12/h12H,3-11H2,1-2H3. The van der Waals surface area contributed by atoms with Gasteiger partial charge in [-0.1, -0.05) is 25.7 Å². The van der Waals surface area contributed by atoms with Crippen LogP contribution in [0.15, 0.2) is 0 Å². The van der Waals surface area contributed by atoms with Crippen molar-refractivity contribution < 1.29 is 13.6 Å². The molecule has 0 bridgehead atoms. The molecule has 0 aliphatic heterocycles. The summed E-state index contributed by atoms with van der Waals surface area (Å²) in [4.78, 5) is 0. The molecule has 0 aromatic carbocycles. The Morgan fingerprint density at radius 2 is 1.50 bits per heavy atom. The highest BCUT2D eigenvalue weighted by molar-refractivity contribution is 7.53. The summed E-state index contributed by atoms with van der Waals surface area (Å²) >= 11 is 0. The summed E-state index contributed by atoms with van der Waals surface area (Å²) in [5.74, 6) is 0.534. The maximum atomic E-state index is 12.3. The Bertz CT molecular complexity index is 212. The molecule has 1 aliphatic rings. The average Bonchev–Trinajstić information content (AvgIpc) is 2.46. The van der Waals surface area contributed by atoms with Crippen LogP contribution in [0.25, 0.3) is 0 Å².